The minimum atomic E-state index is -2.64. The Morgan fingerprint density at radius 3 is 0.810 bits per heavy atom. The molecule has 6 atom stereocenters. The van der Waals surface area contributed by atoms with Gasteiger partial charge in [-0.1, -0.05) is 132 Å². The average molecular weight is 707 g/mol. The summed E-state index contributed by atoms with van der Waals surface area (Å²) in [5.74, 6) is 2.03. The fourth-order valence-electron chi connectivity index (χ4n) is 4.62. The molecule has 0 aromatic carbocycles. The molecule has 0 bridgehead atoms. The fourth-order valence-corrected chi connectivity index (χ4v) is 21.0. The molecule has 0 fully saturated rings. The molecule has 0 aromatic rings. The van der Waals surface area contributed by atoms with Gasteiger partial charge >= 0.3 is 0 Å². The second kappa shape index (κ2) is 27.9. The number of hydrogen-bond acceptors (Lipinski definition) is 8. The molecule has 0 saturated carbocycles. The highest BCUT2D eigenvalue weighted by molar-refractivity contribution is 9.17. The van der Waals surface area contributed by atoms with E-state index in [0.29, 0.717) is 50.1 Å². The summed E-state index contributed by atoms with van der Waals surface area (Å²) in [5, 5.41) is 0. The lowest BCUT2D eigenvalue weighted by molar-refractivity contribution is 0.188. The van der Waals surface area contributed by atoms with Crippen molar-refractivity contribution in [2.75, 3.05) is 26.4 Å². The van der Waals surface area contributed by atoms with Crippen molar-refractivity contribution >= 4 is 55.8 Å². The van der Waals surface area contributed by atoms with Gasteiger partial charge in [0.1, 0.15) is 0 Å². The van der Waals surface area contributed by atoms with Crippen LogP contribution in [0.1, 0.15) is 158 Å². The summed E-state index contributed by atoms with van der Waals surface area (Å²) < 4.78 is 26.3. The lowest BCUT2D eigenvalue weighted by Crippen LogP contribution is -2.12. The summed E-state index contributed by atoms with van der Waals surface area (Å²) in [6, 6.07) is 0. The Hall–Kier alpha value is 1.84. The van der Waals surface area contributed by atoms with E-state index in [9.17, 15) is 0 Å². The van der Waals surface area contributed by atoms with E-state index in [1.165, 1.54) is 97.9 Å². The van der Waals surface area contributed by atoms with E-state index in [-0.39, 0.29) is 0 Å². The molecule has 0 radical (unpaired) electrons. The zero-order valence-corrected chi connectivity index (χ0v) is 33.7. The first kappa shape index (κ1) is 43.8. The van der Waals surface area contributed by atoms with E-state index in [4.69, 9.17) is 41.7 Å². The van der Waals surface area contributed by atoms with Gasteiger partial charge < -0.3 is 18.1 Å². The minimum absolute atomic E-state index is 0.506. The molecular formula is C32H68O4P2S4. The Morgan fingerprint density at radius 2 is 0.643 bits per heavy atom. The third-order valence-corrected chi connectivity index (χ3v) is 23.4. The smallest absolute Gasteiger partial charge is 0.258 e. The standard InChI is InChI=1S/C32H68O4P2S4/c1-9-17-21-29(13-5)25-33-37(39,34-26-30(14-6)22-18-10-2)41-42-38(40,35-27-31(15-7)23-19-11-3)36-28-32(16-8)24-20-12-4/h29-32H,9-28H2,1-8H3/t29-,30+,31-,32+,37?,38?. The lowest BCUT2D eigenvalue weighted by Gasteiger charge is -2.29. The fraction of sp³-hybridized carbons (Fsp3) is 1.00. The largest absolute Gasteiger partial charge is 0.321 e. The van der Waals surface area contributed by atoms with Gasteiger partial charge in [-0.25, -0.2) is 0 Å². The molecule has 0 aliphatic rings. The van der Waals surface area contributed by atoms with Crippen LogP contribution in [-0.4, -0.2) is 26.4 Å². The molecule has 42 heavy (non-hydrogen) atoms. The maximum absolute atomic E-state index is 6.58. The van der Waals surface area contributed by atoms with Crippen LogP contribution in [0, 0.1) is 23.7 Å². The second-order valence-electron chi connectivity index (χ2n) is 11.9. The van der Waals surface area contributed by atoms with Crippen LogP contribution in [0.25, 0.3) is 0 Å². The van der Waals surface area contributed by atoms with E-state index in [2.05, 4.69) is 55.4 Å². The Balaban J connectivity index is 5.79. The number of hydrogen-bond donors (Lipinski definition) is 0. The van der Waals surface area contributed by atoms with E-state index in [1.54, 1.807) is 0 Å². The van der Waals surface area contributed by atoms with Crippen LogP contribution in [0.15, 0.2) is 0 Å². The van der Waals surface area contributed by atoms with Crippen molar-refractivity contribution in [1.82, 2.24) is 0 Å². The molecule has 4 nitrogen and oxygen atoms in total. The summed E-state index contributed by atoms with van der Waals surface area (Å²) in [6.07, 6.45) is 18.8. The maximum atomic E-state index is 6.58. The molecule has 0 N–H and O–H groups in total. The molecule has 0 aliphatic heterocycles. The zero-order chi connectivity index (χ0) is 31.7. The van der Waals surface area contributed by atoms with Gasteiger partial charge in [0.2, 0.25) is 0 Å². The van der Waals surface area contributed by atoms with Gasteiger partial charge in [-0.3, -0.25) is 0 Å². The van der Waals surface area contributed by atoms with Crippen LogP contribution in [0.5, 0.6) is 0 Å². The molecule has 0 amide bonds. The summed E-state index contributed by atoms with van der Waals surface area (Å²) in [6.45, 7) is 20.6. The van der Waals surface area contributed by atoms with Gasteiger partial charge in [0.25, 0.3) is 11.4 Å². The zero-order valence-electron chi connectivity index (χ0n) is 28.6. The minimum Gasteiger partial charge on any atom is -0.321 e. The summed E-state index contributed by atoms with van der Waals surface area (Å²) in [5.41, 5.74) is -5.29. The first-order valence-electron chi connectivity index (χ1n) is 17.3. The summed E-state index contributed by atoms with van der Waals surface area (Å²) in [4.78, 5) is 0. The van der Waals surface area contributed by atoms with Crippen molar-refractivity contribution in [3.05, 3.63) is 0 Å². The van der Waals surface area contributed by atoms with Crippen LogP contribution >= 0.6 is 32.2 Å². The first-order valence-corrected chi connectivity index (χ1v) is 26.0. The number of rotatable bonds is 31. The van der Waals surface area contributed by atoms with Gasteiger partial charge in [-0.15, -0.1) is 0 Å². The van der Waals surface area contributed by atoms with E-state index < -0.39 is 11.4 Å². The first-order chi connectivity index (χ1) is 20.2. The summed E-state index contributed by atoms with van der Waals surface area (Å²) >= 11 is 12.5. The Labute approximate surface area is 280 Å². The van der Waals surface area contributed by atoms with Crippen molar-refractivity contribution in [3.8, 4) is 0 Å². The van der Waals surface area contributed by atoms with Crippen LogP contribution in [-0.2, 0) is 41.7 Å². The van der Waals surface area contributed by atoms with Gasteiger partial charge in [-0.05, 0) is 73.0 Å². The predicted octanol–water partition coefficient (Wildman–Crippen LogP) is 13.7. The molecular weight excluding hydrogens is 639 g/mol. The highest BCUT2D eigenvalue weighted by Gasteiger charge is 2.31. The van der Waals surface area contributed by atoms with E-state index >= 15 is 0 Å². The van der Waals surface area contributed by atoms with E-state index in [1.807, 2.05) is 0 Å². The topological polar surface area (TPSA) is 36.9 Å². The Morgan fingerprint density at radius 1 is 0.429 bits per heavy atom. The van der Waals surface area contributed by atoms with Crippen LogP contribution in [0.3, 0.4) is 0 Å². The van der Waals surface area contributed by atoms with Crippen molar-refractivity contribution in [3.63, 3.8) is 0 Å². The maximum Gasteiger partial charge on any atom is 0.258 e. The van der Waals surface area contributed by atoms with E-state index in [0.717, 1.165) is 25.7 Å². The monoisotopic (exact) mass is 706 g/mol. The van der Waals surface area contributed by atoms with Crippen molar-refractivity contribution < 1.29 is 18.1 Å². The second-order valence-corrected chi connectivity index (χ2v) is 25.7. The van der Waals surface area contributed by atoms with Crippen LogP contribution in [0.4, 0.5) is 0 Å². The highest BCUT2D eigenvalue weighted by Crippen LogP contribution is 2.77. The molecule has 254 valence electrons. The van der Waals surface area contributed by atoms with Gasteiger partial charge in [-0.2, -0.15) is 0 Å². The van der Waals surface area contributed by atoms with Gasteiger partial charge in [0.05, 0.1) is 26.4 Å². The SMILES string of the molecule is CCCC[C@@H](CC)COP(=S)(OC[C@@H](CC)CCCC)SSP(=S)(OC[C@H](CC)CCCC)OC[C@@H](CC)CCCC. The third kappa shape index (κ3) is 21.6. The molecule has 10 heteroatoms. The Kier molecular flexibility index (Phi) is 29.1. The summed E-state index contributed by atoms with van der Waals surface area (Å²) in [7, 11) is 3.06. The lowest BCUT2D eigenvalue weighted by atomic mass is 10.0. The van der Waals surface area contributed by atoms with Crippen molar-refractivity contribution in [1.29, 1.82) is 0 Å². The van der Waals surface area contributed by atoms with Crippen LogP contribution in [0.2, 0.25) is 0 Å². The van der Waals surface area contributed by atoms with Gasteiger partial charge in [0, 0.05) is 20.8 Å². The van der Waals surface area contributed by atoms with Gasteiger partial charge in [0.15, 0.2) is 0 Å². The predicted molar refractivity (Wildman–Crippen MR) is 201 cm³/mol. The number of unbranched alkanes of at least 4 members (excludes halogenated alkanes) is 4. The third-order valence-electron chi connectivity index (χ3n) is 8.26. The molecule has 0 heterocycles. The van der Waals surface area contributed by atoms with Crippen molar-refractivity contribution in [2.24, 2.45) is 23.7 Å². The molecule has 0 saturated heterocycles. The quantitative estimate of drug-likeness (QED) is 0.0521. The Bertz CT molecular complexity index is 610. The molecule has 0 aromatic heterocycles. The molecule has 0 rings (SSSR count). The van der Waals surface area contributed by atoms with Crippen LogP contribution < -0.4 is 0 Å². The average Bonchev–Trinajstić information content (AvgIpc) is 3.00. The van der Waals surface area contributed by atoms with Crippen molar-refractivity contribution in [2.45, 2.75) is 158 Å². The highest BCUT2D eigenvalue weighted by atomic mass is 33.5. The molecule has 0 aliphatic carbocycles. The molecule has 2 unspecified atom stereocenters. The normalized spacial score (nSPS) is 17.8. The molecule has 0 spiro atoms.